The number of hydrogen-bond acceptors (Lipinski definition) is 4. The molecule has 0 aliphatic carbocycles. The molecule has 0 aliphatic rings. The van der Waals surface area contributed by atoms with Gasteiger partial charge in [-0.25, -0.2) is 4.98 Å². The van der Waals surface area contributed by atoms with Crippen LogP contribution in [0.25, 0.3) is 10.6 Å². The fourth-order valence-electron chi connectivity index (χ4n) is 2.68. The predicted octanol–water partition coefficient (Wildman–Crippen LogP) is 4.76. The number of nitrogens with one attached hydrogen (secondary N) is 1. The minimum atomic E-state index is -0.114. The molecule has 1 amide bonds. The molecule has 134 valence electrons. The summed E-state index contributed by atoms with van der Waals surface area (Å²) in [6.07, 6.45) is 0. The first-order chi connectivity index (χ1) is 12.6. The van der Waals surface area contributed by atoms with E-state index in [1.807, 2.05) is 51.1 Å². The van der Waals surface area contributed by atoms with E-state index < -0.39 is 0 Å². The average Bonchev–Trinajstić information content (AvgIpc) is 3.02. The van der Waals surface area contributed by atoms with Crippen LogP contribution in [0.3, 0.4) is 0 Å². The number of amides is 1. The van der Waals surface area contributed by atoms with Crippen molar-refractivity contribution in [1.29, 1.82) is 0 Å². The molecule has 3 aromatic rings. The molecule has 0 fully saturated rings. The number of carbonyl (C=O) groups excluding carboxylic acids is 1. The molecule has 1 N–H and O–H groups in total. The van der Waals surface area contributed by atoms with Crippen molar-refractivity contribution in [2.24, 2.45) is 0 Å². The van der Waals surface area contributed by atoms with Gasteiger partial charge in [-0.05, 0) is 32.4 Å². The predicted molar refractivity (Wildman–Crippen MR) is 106 cm³/mol. The Kier molecular flexibility index (Phi) is 5.68. The Morgan fingerprint density at radius 2 is 1.88 bits per heavy atom. The summed E-state index contributed by atoms with van der Waals surface area (Å²) in [5, 5.41) is 3.82. The van der Waals surface area contributed by atoms with Crippen molar-refractivity contribution in [1.82, 2.24) is 10.3 Å². The maximum Gasteiger partial charge on any atom is 0.255 e. The van der Waals surface area contributed by atoms with Crippen LogP contribution < -0.4 is 10.1 Å². The number of hydrogen-bond donors (Lipinski definition) is 1. The third-order valence-corrected chi connectivity index (χ3v) is 5.23. The van der Waals surface area contributed by atoms with Crippen LogP contribution in [0.15, 0.2) is 48.5 Å². The maximum atomic E-state index is 12.3. The molecule has 0 saturated carbocycles. The van der Waals surface area contributed by atoms with Crippen LogP contribution in [0.5, 0.6) is 5.75 Å². The molecule has 0 saturated heterocycles. The van der Waals surface area contributed by atoms with Crippen LogP contribution in [0.4, 0.5) is 0 Å². The molecule has 5 heteroatoms. The highest BCUT2D eigenvalue weighted by Crippen LogP contribution is 2.30. The molecule has 0 spiro atoms. The van der Waals surface area contributed by atoms with Crippen LogP contribution in [0, 0.1) is 13.8 Å². The van der Waals surface area contributed by atoms with Crippen LogP contribution in [-0.4, -0.2) is 17.4 Å². The monoisotopic (exact) mass is 366 g/mol. The molecule has 0 aliphatic heterocycles. The zero-order valence-corrected chi connectivity index (χ0v) is 16.0. The van der Waals surface area contributed by atoms with Gasteiger partial charge in [0.05, 0.1) is 16.1 Å². The van der Waals surface area contributed by atoms with Gasteiger partial charge in [0.1, 0.15) is 17.4 Å². The number of rotatable bonds is 6. The number of benzene rings is 2. The molecule has 1 aromatic heterocycles. The summed E-state index contributed by atoms with van der Waals surface area (Å²) in [6, 6.07) is 15.7. The average molecular weight is 366 g/mol. The molecular formula is C21H22N2O2S. The van der Waals surface area contributed by atoms with Gasteiger partial charge in [0.15, 0.2) is 0 Å². The van der Waals surface area contributed by atoms with Gasteiger partial charge in [-0.1, -0.05) is 42.5 Å². The third kappa shape index (κ3) is 3.94. The molecule has 3 rings (SSSR count). The van der Waals surface area contributed by atoms with E-state index in [1.165, 1.54) is 0 Å². The smallest absolute Gasteiger partial charge is 0.255 e. The van der Waals surface area contributed by atoms with Crippen LogP contribution in [0.1, 0.15) is 33.4 Å². The van der Waals surface area contributed by atoms with Gasteiger partial charge in [0, 0.05) is 12.1 Å². The Bertz CT molecular complexity index is 904. The Morgan fingerprint density at radius 3 is 2.62 bits per heavy atom. The first-order valence-corrected chi connectivity index (χ1v) is 9.44. The van der Waals surface area contributed by atoms with Crippen molar-refractivity contribution < 1.29 is 9.53 Å². The molecule has 26 heavy (non-hydrogen) atoms. The first-order valence-electron chi connectivity index (χ1n) is 8.62. The SMILES string of the molecule is CCNC(=O)c1cccc(C)c1OCc1sc(-c2ccccc2)nc1C. The fourth-order valence-corrected chi connectivity index (χ4v) is 3.66. The lowest BCUT2D eigenvalue weighted by molar-refractivity contribution is 0.0951. The number of thiazole rings is 1. The van der Waals surface area contributed by atoms with E-state index in [1.54, 1.807) is 17.4 Å². The Labute approximate surface area is 157 Å². The number of nitrogens with zero attached hydrogens (tertiary/aromatic N) is 1. The highest BCUT2D eigenvalue weighted by Gasteiger charge is 2.16. The van der Waals surface area contributed by atoms with Crippen molar-refractivity contribution in [2.75, 3.05) is 6.54 Å². The zero-order valence-electron chi connectivity index (χ0n) is 15.2. The Balaban J connectivity index is 1.82. The van der Waals surface area contributed by atoms with E-state index in [0.717, 1.165) is 26.7 Å². The minimum absolute atomic E-state index is 0.114. The van der Waals surface area contributed by atoms with E-state index in [2.05, 4.69) is 22.4 Å². The van der Waals surface area contributed by atoms with Crippen molar-refractivity contribution in [3.63, 3.8) is 0 Å². The summed E-state index contributed by atoms with van der Waals surface area (Å²) in [5.41, 5.74) is 3.57. The number of ether oxygens (including phenoxy) is 1. The van der Waals surface area contributed by atoms with Crippen molar-refractivity contribution in [2.45, 2.75) is 27.4 Å². The topological polar surface area (TPSA) is 51.2 Å². The van der Waals surface area contributed by atoms with E-state index in [0.29, 0.717) is 24.5 Å². The Hall–Kier alpha value is -2.66. The van der Waals surface area contributed by atoms with E-state index in [-0.39, 0.29) is 5.91 Å². The molecule has 2 aromatic carbocycles. The molecule has 0 atom stereocenters. The fraction of sp³-hybridized carbons (Fsp3) is 0.238. The largest absolute Gasteiger partial charge is 0.487 e. The second kappa shape index (κ2) is 8.15. The van der Waals surface area contributed by atoms with Gasteiger partial charge in [-0.3, -0.25) is 4.79 Å². The normalized spacial score (nSPS) is 10.6. The lowest BCUT2D eigenvalue weighted by Gasteiger charge is -2.13. The van der Waals surface area contributed by atoms with Gasteiger partial charge >= 0.3 is 0 Å². The van der Waals surface area contributed by atoms with E-state index >= 15 is 0 Å². The van der Waals surface area contributed by atoms with Gasteiger partial charge in [-0.15, -0.1) is 11.3 Å². The Morgan fingerprint density at radius 1 is 1.12 bits per heavy atom. The molecule has 1 heterocycles. The quantitative estimate of drug-likeness (QED) is 0.684. The number of para-hydroxylation sites is 1. The van der Waals surface area contributed by atoms with E-state index in [9.17, 15) is 4.79 Å². The van der Waals surface area contributed by atoms with Gasteiger partial charge < -0.3 is 10.1 Å². The summed E-state index contributed by atoms with van der Waals surface area (Å²) in [6.45, 7) is 6.82. The molecule has 4 nitrogen and oxygen atoms in total. The zero-order chi connectivity index (χ0) is 18.5. The highest BCUT2D eigenvalue weighted by atomic mass is 32.1. The van der Waals surface area contributed by atoms with Crippen LogP contribution >= 0.6 is 11.3 Å². The summed E-state index contributed by atoms with van der Waals surface area (Å²) in [5.74, 6) is 0.518. The molecular weight excluding hydrogens is 344 g/mol. The van der Waals surface area contributed by atoms with E-state index in [4.69, 9.17) is 4.74 Å². The summed E-state index contributed by atoms with van der Waals surface area (Å²) >= 11 is 1.63. The molecule has 0 radical (unpaired) electrons. The third-order valence-electron chi connectivity index (χ3n) is 4.05. The van der Waals surface area contributed by atoms with Gasteiger partial charge in [0.2, 0.25) is 0 Å². The standard InChI is InChI=1S/C21H22N2O2S/c1-4-22-20(24)17-12-8-9-14(2)19(17)25-13-18-15(3)23-21(26-18)16-10-6-5-7-11-16/h5-12H,4,13H2,1-3H3,(H,22,24). The van der Waals surface area contributed by atoms with Crippen molar-refractivity contribution >= 4 is 17.2 Å². The second-order valence-electron chi connectivity index (χ2n) is 5.99. The van der Waals surface area contributed by atoms with Gasteiger partial charge in [-0.2, -0.15) is 0 Å². The summed E-state index contributed by atoms with van der Waals surface area (Å²) < 4.78 is 6.06. The van der Waals surface area contributed by atoms with Crippen LogP contribution in [-0.2, 0) is 6.61 Å². The number of aryl methyl sites for hydroxylation is 2. The van der Waals surface area contributed by atoms with Crippen molar-refractivity contribution in [3.8, 4) is 16.3 Å². The molecule has 0 bridgehead atoms. The lowest BCUT2D eigenvalue weighted by Crippen LogP contribution is -2.23. The number of aromatic nitrogens is 1. The molecule has 0 unspecified atom stereocenters. The number of carbonyl (C=O) groups is 1. The second-order valence-corrected chi connectivity index (χ2v) is 7.08. The van der Waals surface area contributed by atoms with Gasteiger partial charge in [0.25, 0.3) is 5.91 Å². The lowest BCUT2D eigenvalue weighted by atomic mass is 10.1. The highest BCUT2D eigenvalue weighted by molar-refractivity contribution is 7.15. The maximum absolute atomic E-state index is 12.3. The van der Waals surface area contributed by atoms with Crippen molar-refractivity contribution in [3.05, 3.63) is 70.2 Å². The van der Waals surface area contributed by atoms with Crippen LogP contribution in [0.2, 0.25) is 0 Å². The summed E-state index contributed by atoms with van der Waals surface area (Å²) in [7, 11) is 0. The first kappa shape index (κ1) is 18.1. The minimum Gasteiger partial charge on any atom is -0.487 e. The summed E-state index contributed by atoms with van der Waals surface area (Å²) in [4.78, 5) is 18.0.